The van der Waals surface area contributed by atoms with E-state index in [-0.39, 0.29) is 11.3 Å². The Morgan fingerprint density at radius 2 is 2.00 bits per heavy atom. The standard InChI is InChI=1S/C11H23NO3S/c1-3-15-9-8-12-10-6-4-5-7-11(10)16(2,13)14/h10-12H,3-9H2,1-2H3. The second-order valence-electron chi connectivity index (χ2n) is 4.41. The first-order valence-electron chi connectivity index (χ1n) is 6.05. The van der Waals surface area contributed by atoms with E-state index in [1.54, 1.807) is 0 Å². The summed E-state index contributed by atoms with van der Waals surface area (Å²) in [5, 5.41) is 3.10. The molecule has 5 heteroatoms. The van der Waals surface area contributed by atoms with Crippen molar-refractivity contribution >= 4 is 9.84 Å². The van der Waals surface area contributed by atoms with Crippen LogP contribution in [0.25, 0.3) is 0 Å². The zero-order chi connectivity index (χ0) is 12.0. The molecule has 0 aromatic heterocycles. The van der Waals surface area contributed by atoms with Crippen molar-refractivity contribution in [3.63, 3.8) is 0 Å². The highest BCUT2D eigenvalue weighted by Crippen LogP contribution is 2.23. The zero-order valence-corrected chi connectivity index (χ0v) is 11.1. The molecule has 1 N–H and O–H groups in total. The molecule has 0 saturated heterocycles. The van der Waals surface area contributed by atoms with E-state index in [0.29, 0.717) is 13.2 Å². The highest BCUT2D eigenvalue weighted by Gasteiger charge is 2.31. The van der Waals surface area contributed by atoms with Crippen LogP contribution in [0.15, 0.2) is 0 Å². The van der Waals surface area contributed by atoms with Crippen molar-refractivity contribution in [3.8, 4) is 0 Å². The molecule has 2 atom stereocenters. The molecule has 0 aromatic rings. The SMILES string of the molecule is CCOCCNC1CCCCC1S(C)(=O)=O. The molecule has 0 bridgehead atoms. The molecular formula is C11H23NO3S. The average Bonchev–Trinajstić information content (AvgIpc) is 2.24. The maximum absolute atomic E-state index is 11.6. The molecule has 0 radical (unpaired) electrons. The minimum atomic E-state index is -2.92. The predicted molar refractivity (Wildman–Crippen MR) is 65.4 cm³/mol. The Kier molecular flexibility index (Phi) is 5.72. The van der Waals surface area contributed by atoms with Gasteiger partial charge in [-0.15, -0.1) is 0 Å². The summed E-state index contributed by atoms with van der Waals surface area (Å²) in [6.45, 7) is 4.07. The highest BCUT2D eigenvalue weighted by atomic mass is 32.2. The van der Waals surface area contributed by atoms with Crippen molar-refractivity contribution in [2.75, 3.05) is 26.0 Å². The van der Waals surface area contributed by atoms with Crippen molar-refractivity contribution < 1.29 is 13.2 Å². The van der Waals surface area contributed by atoms with Crippen molar-refractivity contribution in [2.24, 2.45) is 0 Å². The first kappa shape index (κ1) is 13.9. The van der Waals surface area contributed by atoms with Crippen molar-refractivity contribution in [1.82, 2.24) is 5.32 Å². The zero-order valence-electron chi connectivity index (χ0n) is 10.2. The van der Waals surface area contributed by atoms with E-state index in [2.05, 4.69) is 5.32 Å². The summed E-state index contributed by atoms with van der Waals surface area (Å²) in [5.74, 6) is 0. The number of ether oxygens (including phenoxy) is 1. The van der Waals surface area contributed by atoms with E-state index < -0.39 is 9.84 Å². The second kappa shape index (κ2) is 6.57. The Hall–Kier alpha value is -0.130. The maximum atomic E-state index is 11.6. The first-order valence-corrected chi connectivity index (χ1v) is 8.01. The van der Waals surface area contributed by atoms with E-state index >= 15 is 0 Å². The van der Waals surface area contributed by atoms with E-state index in [9.17, 15) is 8.42 Å². The number of sulfone groups is 1. The van der Waals surface area contributed by atoms with Crippen molar-refractivity contribution in [2.45, 2.75) is 43.9 Å². The Morgan fingerprint density at radius 1 is 1.31 bits per heavy atom. The summed E-state index contributed by atoms with van der Waals surface area (Å²) in [5.41, 5.74) is 0. The number of hydrogen-bond donors (Lipinski definition) is 1. The van der Waals surface area contributed by atoms with E-state index in [4.69, 9.17) is 4.74 Å². The van der Waals surface area contributed by atoms with Gasteiger partial charge in [-0.3, -0.25) is 0 Å². The molecule has 1 aliphatic rings. The molecule has 1 fully saturated rings. The average molecular weight is 249 g/mol. The largest absolute Gasteiger partial charge is 0.380 e. The van der Waals surface area contributed by atoms with Crippen molar-refractivity contribution in [1.29, 1.82) is 0 Å². The molecule has 2 unspecified atom stereocenters. The summed E-state index contributed by atoms with van der Waals surface area (Å²) in [6, 6.07) is 0.115. The normalized spacial score (nSPS) is 26.9. The molecule has 0 amide bonds. The Bertz CT molecular complexity index is 290. The van der Waals surface area contributed by atoms with Crippen LogP contribution in [0.3, 0.4) is 0 Å². The summed E-state index contributed by atoms with van der Waals surface area (Å²) in [6.07, 6.45) is 5.26. The summed E-state index contributed by atoms with van der Waals surface area (Å²) in [4.78, 5) is 0. The number of nitrogens with one attached hydrogen (secondary N) is 1. The molecule has 0 spiro atoms. The fourth-order valence-electron chi connectivity index (χ4n) is 2.30. The van der Waals surface area contributed by atoms with Crippen LogP contribution in [-0.4, -0.2) is 45.7 Å². The molecule has 1 saturated carbocycles. The van der Waals surface area contributed by atoms with Gasteiger partial charge in [0.15, 0.2) is 9.84 Å². The molecule has 4 nitrogen and oxygen atoms in total. The van der Waals surface area contributed by atoms with Gasteiger partial charge in [-0.05, 0) is 19.8 Å². The Morgan fingerprint density at radius 3 is 2.62 bits per heavy atom. The topological polar surface area (TPSA) is 55.4 Å². The quantitative estimate of drug-likeness (QED) is 0.713. The van der Waals surface area contributed by atoms with E-state index in [0.717, 1.165) is 32.2 Å². The lowest BCUT2D eigenvalue weighted by Crippen LogP contribution is -2.46. The van der Waals surface area contributed by atoms with Crippen LogP contribution in [0, 0.1) is 0 Å². The smallest absolute Gasteiger partial charge is 0.151 e. The molecule has 0 aromatic carbocycles. The van der Waals surface area contributed by atoms with Gasteiger partial charge >= 0.3 is 0 Å². The van der Waals surface area contributed by atoms with Gasteiger partial charge in [-0.2, -0.15) is 0 Å². The third-order valence-electron chi connectivity index (χ3n) is 3.11. The van der Waals surface area contributed by atoms with Gasteiger partial charge in [-0.25, -0.2) is 8.42 Å². The molecule has 96 valence electrons. The molecule has 0 aliphatic heterocycles. The van der Waals surface area contributed by atoms with Crippen LogP contribution in [0.2, 0.25) is 0 Å². The number of rotatable bonds is 6. The van der Waals surface area contributed by atoms with E-state index in [1.807, 2.05) is 6.92 Å². The monoisotopic (exact) mass is 249 g/mol. The van der Waals surface area contributed by atoms with Crippen LogP contribution >= 0.6 is 0 Å². The van der Waals surface area contributed by atoms with Crippen LogP contribution in [0.1, 0.15) is 32.6 Å². The van der Waals surface area contributed by atoms with Crippen LogP contribution in [0.4, 0.5) is 0 Å². The van der Waals surface area contributed by atoms with Crippen LogP contribution < -0.4 is 5.32 Å². The molecule has 0 heterocycles. The molecule has 16 heavy (non-hydrogen) atoms. The maximum Gasteiger partial charge on any atom is 0.151 e. The van der Waals surface area contributed by atoms with Crippen LogP contribution in [0.5, 0.6) is 0 Å². The highest BCUT2D eigenvalue weighted by molar-refractivity contribution is 7.91. The first-order chi connectivity index (χ1) is 7.55. The van der Waals surface area contributed by atoms with Gasteiger partial charge in [-0.1, -0.05) is 12.8 Å². The minimum absolute atomic E-state index is 0.115. The predicted octanol–water partition coefficient (Wildman–Crippen LogP) is 0.968. The van der Waals surface area contributed by atoms with Crippen LogP contribution in [-0.2, 0) is 14.6 Å². The minimum Gasteiger partial charge on any atom is -0.380 e. The Labute approximate surface area is 98.7 Å². The number of hydrogen-bond acceptors (Lipinski definition) is 4. The second-order valence-corrected chi connectivity index (χ2v) is 6.67. The molecular weight excluding hydrogens is 226 g/mol. The Balaban J connectivity index is 2.42. The summed E-state index contributed by atoms with van der Waals surface area (Å²) < 4.78 is 28.5. The third kappa shape index (κ3) is 4.39. The van der Waals surface area contributed by atoms with Gasteiger partial charge in [0.25, 0.3) is 0 Å². The van der Waals surface area contributed by atoms with Gasteiger partial charge in [0.1, 0.15) is 0 Å². The molecule has 1 rings (SSSR count). The van der Waals surface area contributed by atoms with Crippen molar-refractivity contribution in [3.05, 3.63) is 0 Å². The van der Waals surface area contributed by atoms with Gasteiger partial charge in [0.05, 0.1) is 11.9 Å². The lowest BCUT2D eigenvalue weighted by atomic mass is 9.95. The lowest BCUT2D eigenvalue weighted by molar-refractivity contribution is 0.145. The fraction of sp³-hybridized carbons (Fsp3) is 1.00. The third-order valence-corrected chi connectivity index (χ3v) is 4.77. The van der Waals surface area contributed by atoms with Gasteiger partial charge in [0.2, 0.25) is 0 Å². The van der Waals surface area contributed by atoms with Gasteiger partial charge < -0.3 is 10.1 Å². The summed E-state index contributed by atoms with van der Waals surface area (Å²) in [7, 11) is -2.92. The lowest BCUT2D eigenvalue weighted by Gasteiger charge is -2.30. The summed E-state index contributed by atoms with van der Waals surface area (Å²) >= 11 is 0. The van der Waals surface area contributed by atoms with Gasteiger partial charge in [0, 0.05) is 25.4 Å². The van der Waals surface area contributed by atoms with E-state index in [1.165, 1.54) is 6.26 Å². The molecule has 1 aliphatic carbocycles. The fourth-order valence-corrected chi connectivity index (χ4v) is 3.73.